The second-order valence-corrected chi connectivity index (χ2v) is 15.0. The molecule has 10 aromatic rings. The van der Waals surface area contributed by atoms with Crippen LogP contribution in [0.4, 0.5) is 17.1 Å². The Morgan fingerprint density at radius 1 is 0.415 bits per heavy atom. The van der Waals surface area contributed by atoms with Crippen molar-refractivity contribution in [2.75, 3.05) is 4.90 Å². The van der Waals surface area contributed by atoms with E-state index in [2.05, 4.69) is 189 Å². The summed E-state index contributed by atoms with van der Waals surface area (Å²) in [4.78, 5) is 2.47. The monoisotopic (exact) mass is 677 g/mol. The van der Waals surface area contributed by atoms with E-state index in [0.717, 1.165) is 39.0 Å². The maximum Gasteiger partial charge on any atom is 0.135 e. The van der Waals surface area contributed by atoms with Gasteiger partial charge in [0.2, 0.25) is 0 Å². The first kappa shape index (κ1) is 30.0. The highest BCUT2D eigenvalue weighted by molar-refractivity contribution is 6.09. The maximum atomic E-state index is 6.33. The molecule has 0 amide bonds. The SMILES string of the molecule is CC1(C)c2cc(N(c3ccc4oc5ccccc5c4c3)c3ccc4ccccc4c3-c3ccc4ccccc4c3)ccc2-c2cc3ccccc3cc21. The van der Waals surface area contributed by atoms with Crippen molar-refractivity contribution in [3.63, 3.8) is 0 Å². The first-order chi connectivity index (χ1) is 26.0. The molecule has 0 spiro atoms. The van der Waals surface area contributed by atoms with Crippen molar-refractivity contribution < 1.29 is 4.42 Å². The van der Waals surface area contributed by atoms with Crippen LogP contribution in [0.1, 0.15) is 25.0 Å². The van der Waals surface area contributed by atoms with Crippen molar-refractivity contribution in [1.82, 2.24) is 0 Å². The Morgan fingerprint density at radius 2 is 1.02 bits per heavy atom. The summed E-state index contributed by atoms with van der Waals surface area (Å²) in [6, 6.07) is 64.5. The van der Waals surface area contributed by atoms with Gasteiger partial charge in [0.1, 0.15) is 11.2 Å². The van der Waals surface area contributed by atoms with E-state index in [-0.39, 0.29) is 5.41 Å². The largest absolute Gasteiger partial charge is 0.456 e. The van der Waals surface area contributed by atoms with Gasteiger partial charge in [-0.3, -0.25) is 0 Å². The van der Waals surface area contributed by atoms with Crippen LogP contribution < -0.4 is 4.90 Å². The van der Waals surface area contributed by atoms with Crippen LogP contribution in [0.5, 0.6) is 0 Å². The standard InChI is InChI=1S/C51H35NO/c1-51(2)45-29-36-15-6-5-14-35(36)28-43(45)41-24-22-39(31-46(41)51)52(38-23-26-49-44(30-38)42-17-9-10-18-48(42)53-49)47-25-21-33-12-7-8-16-40(33)50(47)37-20-19-32-11-3-4-13-34(32)27-37/h3-31H,1-2H3. The Hall–Kier alpha value is -6.64. The summed E-state index contributed by atoms with van der Waals surface area (Å²) in [7, 11) is 0. The van der Waals surface area contributed by atoms with Gasteiger partial charge in [-0.05, 0) is 121 Å². The number of nitrogens with zero attached hydrogens (tertiary/aromatic N) is 1. The summed E-state index contributed by atoms with van der Waals surface area (Å²) in [6.45, 7) is 4.75. The molecular weight excluding hydrogens is 643 g/mol. The van der Waals surface area contributed by atoms with Crippen LogP contribution in [0.15, 0.2) is 180 Å². The molecule has 0 unspecified atom stereocenters. The van der Waals surface area contributed by atoms with Gasteiger partial charge in [-0.25, -0.2) is 0 Å². The van der Waals surface area contributed by atoms with E-state index in [9.17, 15) is 0 Å². The van der Waals surface area contributed by atoms with Gasteiger partial charge in [-0.2, -0.15) is 0 Å². The summed E-state index contributed by atoms with van der Waals surface area (Å²) in [6.07, 6.45) is 0. The lowest BCUT2D eigenvalue weighted by molar-refractivity contribution is 0.661. The van der Waals surface area contributed by atoms with Gasteiger partial charge >= 0.3 is 0 Å². The number of hydrogen-bond donors (Lipinski definition) is 0. The highest BCUT2D eigenvalue weighted by Crippen LogP contribution is 2.53. The highest BCUT2D eigenvalue weighted by Gasteiger charge is 2.36. The lowest BCUT2D eigenvalue weighted by atomic mass is 9.81. The van der Waals surface area contributed by atoms with Crippen LogP contribution in [-0.4, -0.2) is 0 Å². The molecule has 0 N–H and O–H groups in total. The van der Waals surface area contributed by atoms with E-state index in [0.29, 0.717) is 0 Å². The molecule has 1 aliphatic rings. The number of para-hydroxylation sites is 1. The molecule has 2 heteroatoms. The molecule has 9 aromatic carbocycles. The molecule has 53 heavy (non-hydrogen) atoms. The molecule has 0 saturated carbocycles. The zero-order valence-corrected chi connectivity index (χ0v) is 29.6. The Kier molecular flexibility index (Phi) is 6.33. The molecule has 1 aromatic heterocycles. The second-order valence-electron chi connectivity index (χ2n) is 15.0. The normalized spacial score (nSPS) is 13.2. The summed E-state index contributed by atoms with van der Waals surface area (Å²) in [5, 5.41) is 9.69. The minimum atomic E-state index is -0.175. The van der Waals surface area contributed by atoms with E-state index >= 15 is 0 Å². The van der Waals surface area contributed by atoms with E-state index in [1.807, 2.05) is 6.07 Å². The fourth-order valence-electron chi connectivity index (χ4n) is 8.92. The molecule has 0 radical (unpaired) electrons. The molecule has 0 bridgehead atoms. The molecule has 2 nitrogen and oxygen atoms in total. The van der Waals surface area contributed by atoms with Crippen molar-refractivity contribution >= 4 is 71.3 Å². The first-order valence-corrected chi connectivity index (χ1v) is 18.4. The van der Waals surface area contributed by atoms with E-state index in [1.54, 1.807) is 0 Å². The molecule has 0 atom stereocenters. The van der Waals surface area contributed by atoms with Crippen molar-refractivity contribution in [3.05, 3.63) is 187 Å². The fourth-order valence-corrected chi connectivity index (χ4v) is 8.92. The fraction of sp³-hybridized carbons (Fsp3) is 0.0588. The van der Waals surface area contributed by atoms with Gasteiger partial charge in [-0.1, -0.05) is 129 Å². The van der Waals surface area contributed by atoms with E-state index < -0.39 is 0 Å². The molecule has 11 rings (SSSR count). The van der Waals surface area contributed by atoms with Crippen molar-refractivity contribution in [2.24, 2.45) is 0 Å². The minimum absolute atomic E-state index is 0.175. The van der Waals surface area contributed by atoms with Crippen molar-refractivity contribution in [3.8, 4) is 22.3 Å². The summed E-state index contributed by atoms with van der Waals surface area (Å²) >= 11 is 0. The van der Waals surface area contributed by atoms with Crippen LogP contribution in [0.25, 0.3) is 76.5 Å². The summed E-state index contributed by atoms with van der Waals surface area (Å²) in [5.74, 6) is 0. The lowest BCUT2D eigenvalue weighted by Gasteiger charge is -2.30. The number of rotatable bonds is 4. The molecule has 1 aliphatic carbocycles. The Morgan fingerprint density at radius 3 is 1.85 bits per heavy atom. The highest BCUT2D eigenvalue weighted by atomic mass is 16.3. The molecule has 0 fully saturated rings. The van der Waals surface area contributed by atoms with E-state index in [1.165, 1.54) is 65.7 Å². The number of fused-ring (bicyclic) bond motifs is 9. The maximum absolute atomic E-state index is 6.33. The molecular formula is C51H35NO. The Labute approximate surface area is 308 Å². The lowest BCUT2D eigenvalue weighted by Crippen LogP contribution is -2.17. The summed E-state index contributed by atoms with van der Waals surface area (Å²) in [5.41, 5.74) is 12.7. The minimum Gasteiger partial charge on any atom is -0.456 e. The van der Waals surface area contributed by atoms with Crippen LogP contribution in [0.2, 0.25) is 0 Å². The smallest absolute Gasteiger partial charge is 0.135 e. The third kappa shape index (κ3) is 4.52. The van der Waals surface area contributed by atoms with Gasteiger partial charge < -0.3 is 9.32 Å². The second kappa shape index (κ2) is 11.2. The van der Waals surface area contributed by atoms with Crippen LogP contribution in [0, 0.1) is 0 Å². The topological polar surface area (TPSA) is 16.4 Å². The quantitative estimate of drug-likeness (QED) is 0.184. The van der Waals surface area contributed by atoms with Gasteiger partial charge in [-0.15, -0.1) is 0 Å². The predicted octanol–water partition coefficient (Wildman–Crippen LogP) is 14.5. The van der Waals surface area contributed by atoms with E-state index in [4.69, 9.17) is 4.42 Å². The third-order valence-corrected chi connectivity index (χ3v) is 11.6. The van der Waals surface area contributed by atoms with Crippen LogP contribution >= 0.6 is 0 Å². The number of furan rings is 1. The van der Waals surface area contributed by atoms with Crippen molar-refractivity contribution in [2.45, 2.75) is 19.3 Å². The summed E-state index contributed by atoms with van der Waals surface area (Å²) < 4.78 is 6.33. The van der Waals surface area contributed by atoms with Gasteiger partial charge in [0.05, 0.1) is 5.69 Å². The number of hydrogen-bond acceptors (Lipinski definition) is 2. The first-order valence-electron chi connectivity index (χ1n) is 18.4. The van der Waals surface area contributed by atoms with Crippen molar-refractivity contribution in [1.29, 1.82) is 0 Å². The Balaban J connectivity index is 1.19. The molecule has 250 valence electrons. The average molecular weight is 678 g/mol. The zero-order valence-electron chi connectivity index (χ0n) is 29.6. The van der Waals surface area contributed by atoms with Gasteiger partial charge in [0, 0.05) is 33.1 Å². The van der Waals surface area contributed by atoms with Crippen LogP contribution in [-0.2, 0) is 5.41 Å². The average Bonchev–Trinajstić information content (AvgIpc) is 3.68. The number of benzene rings is 9. The van der Waals surface area contributed by atoms with Gasteiger partial charge in [0.25, 0.3) is 0 Å². The predicted molar refractivity (Wildman–Crippen MR) is 224 cm³/mol. The van der Waals surface area contributed by atoms with Crippen LogP contribution in [0.3, 0.4) is 0 Å². The number of anilines is 3. The Bertz CT molecular complexity index is 3110. The van der Waals surface area contributed by atoms with Gasteiger partial charge in [0.15, 0.2) is 0 Å². The molecule has 0 saturated heterocycles. The molecule has 0 aliphatic heterocycles. The third-order valence-electron chi connectivity index (χ3n) is 11.6. The zero-order chi connectivity index (χ0) is 35.3. The molecule has 1 heterocycles.